The van der Waals surface area contributed by atoms with E-state index in [4.69, 9.17) is 11.6 Å². The molecule has 0 fully saturated rings. The average Bonchev–Trinajstić information content (AvgIpc) is 2.13. The Morgan fingerprint density at radius 2 is 2.23 bits per heavy atom. The van der Waals surface area contributed by atoms with Gasteiger partial charge in [-0.3, -0.25) is 0 Å². The van der Waals surface area contributed by atoms with E-state index in [1.54, 1.807) is 0 Å². The summed E-state index contributed by atoms with van der Waals surface area (Å²) in [6, 6.07) is 0. The van der Waals surface area contributed by atoms with Gasteiger partial charge in [-0.25, -0.2) is 9.59 Å². The largest absolute Gasteiger partial charge is 0.462 e. The number of rotatable bonds is 5. The van der Waals surface area contributed by atoms with Crippen LogP contribution in [0.2, 0.25) is 0 Å². The van der Waals surface area contributed by atoms with Gasteiger partial charge in [-0.15, -0.1) is 11.6 Å². The standard InChI is InChI=1S/C8H11ClO4/c1-3-7(10)13-6(2)8(11)12-5-4-9/h3,6H,1,4-5H2,2H3. The molecule has 0 aromatic heterocycles. The van der Waals surface area contributed by atoms with E-state index in [1.807, 2.05) is 0 Å². The zero-order valence-corrected chi connectivity index (χ0v) is 8.04. The molecule has 0 aliphatic rings. The first-order chi connectivity index (χ1) is 6.11. The maximum absolute atomic E-state index is 11.0. The lowest BCUT2D eigenvalue weighted by atomic mass is 10.4. The van der Waals surface area contributed by atoms with Crippen molar-refractivity contribution in [2.75, 3.05) is 12.5 Å². The maximum atomic E-state index is 11.0. The van der Waals surface area contributed by atoms with E-state index >= 15 is 0 Å². The van der Waals surface area contributed by atoms with Crippen LogP contribution in [0.1, 0.15) is 6.92 Å². The molecular weight excluding hydrogens is 196 g/mol. The number of carbonyl (C=O) groups excluding carboxylic acids is 2. The second-order valence-corrected chi connectivity index (χ2v) is 2.52. The summed E-state index contributed by atoms with van der Waals surface area (Å²) in [4.78, 5) is 21.6. The summed E-state index contributed by atoms with van der Waals surface area (Å²) in [6.45, 7) is 4.71. The molecule has 5 heteroatoms. The first-order valence-electron chi connectivity index (χ1n) is 3.67. The molecule has 0 aliphatic heterocycles. The molecule has 4 nitrogen and oxygen atoms in total. The third-order valence-electron chi connectivity index (χ3n) is 1.11. The normalized spacial score (nSPS) is 11.5. The first-order valence-corrected chi connectivity index (χ1v) is 4.21. The van der Waals surface area contributed by atoms with E-state index in [2.05, 4.69) is 16.1 Å². The minimum absolute atomic E-state index is 0.108. The Hall–Kier alpha value is -1.03. The van der Waals surface area contributed by atoms with Gasteiger partial charge in [0.05, 0.1) is 5.88 Å². The number of hydrogen-bond donors (Lipinski definition) is 0. The number of hydrogen-bond acceptors (Lipinski definition) is 4. The minimum Gasteiger partial charge on any atom is -0.462 e. The Morgan fingerprint density at radius 1 is 1.62 bits per heavy atom. The SMILES string of the molecule is C=CC(=O)OC(C)C(=O)OCCCl. The van der Waals surface area contributed by atoms with E-state index in [0.717, 1.165) is 6.08 Å². The summed E-state index contributed by atoms with van der Waals surface area (Å²) < 4.78 is 9.20. The van der Waals surface area contributed by atoms with Gasteiger partial charge in [0.2, 0.25) is 0 Å². The minimum atomic E-state index is -0.922. The van der Waals surface area contributed by atoms with Crippen molar-refractivity contribution in [1.29, 1.82) is 0 Å². The molecule has 0 radical (unpaired) electrons. The molecule has 0 aliphatic carbocycles. The van der Waals surface area contributed by atoms with Crippen LogP contribution in [0.4, 0.5) is 0 Å². The summed E-state index contributed by atoms with van der Waals surface area (Å²) >= 11 is 5.28. The smallest absolute Gasteiger partial charge is 0.347 e. The van der Waals surface area contributed by atoms with Crippen LogP contribution in [0.25, 0.3) is 0 Å². The van der Waals surface area contributed by atoms with Gasteiger partial charge in [0.1, 0.15) is 6.61 Å². The van der Waals surface area contributed by atoms with Crippen molar-refractivity contribution < 1.29 is 19.1 Å². The number of carbonyl (C=O) groups is 2. The summed E-state index contributed by atoms with van der Waals surface area (Å²) in [5.74, 6) is -1.06. The lowest BCUT2D eigenvalue weighted by molar-refractivity contribution is -0.163. The van der Waals surface area contributed by atoms with Crippen LogP contribution in [0.15, 0.2) is 12.7 Å². The van der Waals surface area contributed by atoms with Gasteiger partial charge in [0, 0.05) is 6.08 Å². The monoisotopic (exact) mass is 206 g/mol. The molecule has 0 saturated carbocycles. The van der Waals surface area contributed by atoms with Gasteiger partial charge in [0.15, 0.2) is 6.10 Å². The molecule has 1 atom stereocenters. The Bertz CT molecular complexity index is 202. The van der Waals surface area contributed by atoms with Gasteiger partial charge in [-0.2, -0.15) is 0 Å². The van der Waals surface area contributed by atoms with Crippen LogP contribution in [0, 0.1) is 0 Å². The third-order valence-corrected chi connectivity index (χ3v) is 1.27. The number of ether oxygens (including phenoxy) is 2. The van der Waals surface area contributed by atoms with E-state index in [1.165, 1.54) is 6.92 Å². The molecule has 0 amide bonds. The van der Waals surface area contributed by atoms with Crippen molar-refractivity contribution in [2.24, 2.45) is 0 Å². The van der Waals surface area contributed by atoms with Crippen LogP contribution < -0.4 is 0 Å². The van der Waals surface area contributed by atoms with Crippen molar-refractivity contribution in [3.8, 4) is 0 Å². The topological polar surface area (TPSA) is 52.6 Å². The van der Waals surface area contributed by atoms with Gasteiger partial charge < -0.3 is 9.47 Å². The molecule has 13 heavy (non-hydrogen) atoms. The highest BCUT2D eigenvalue weighted by atomic mass is 35.5. The van der Waals surface area contributed by atoms with Gasteiger partial charge in [-0.1, -0.05) is 6.58 Å². The summed E-state index contributed by atoms with van der Waals surface area (Å²) in [7, 11) is 0. The predicted molar refractivity (Wildman–Crippen MR) is 47.4 cm³/mol. The highest BCUT2D eigenvalue weighted by Gasteiger charge is 2.17. The summed E-state index contributed by atoms with van der Waals surface area (Å²) in [5.41, 5.74) is 0. The maximum Gasteiger partial charge on any atom is 0.347 e. The van der Waals surface area contributed by atoms with Gasteiger partial charge in [-0.05, 0) is 6.92 Å². The quantitative estimate of drug-likeness (QED) is 0.381. The molecule has 0 aromatic rings. The molecular formula is C8H11ClO4. The van der Waals surface area contributed by atoms with E-state index in [-0.39, 0.29) is 12.5 Å². The molecule has 74 valence electrons. The van der Waals surface area contributed by atoms with Crippen molar-refractivity contribution in [2.45, 2.75) is 13.0 Å². The predicted octanol–water partition coefficient (Wildman–Crippen LogP) is 0.886. The number of alkyl halides is 1. The molecule has 0 saturated heterocycles. The summed E-state index contributed by atoms with van der Waals surface area (Å²) in [6.07, 6.45) is 0.0550. The van der Waals surface area contributed by atoms with E-state index < -0.39 is 18.0 Å². The zero-order valence-electron chi connectivity index (χ0n) is 7.29. The zero-order chi connectivity index (χ0) is 10.3. The van der Waals surface area contributed by atoms with Crippen molar-refractivity contribution in [1.82, 2.24) is 0 Å². The second kappa shape index (κ2) is 6.48. The van der Waals surface area contributed by atoms with Gasteiger partial charge >= 0.3 is 11.9 Å². The molecule has 0 rings (SSSR count). The fourth-order valence-electron chi connectivity index (χ4n) is 0.527. The van der Waals surface area contributed by atoms with Crippen molar-refractivity contribution >= 4 is 23.5 Å². The Balaban J connectivity index is 3.81. The molecule has 1 unspecified atom stereocenters. The second-order valence-electron chi connectivity index (χ2n) is 2.14. The molecule has 0 heterocycles. The van der Waals surface area contributed by atoms with Crippen LogP contribution in [-0.2, 0) is 19.1 Å². The molecule has 0 bridgehead atoms. The number of esters is 2. The van der Waals surface area contributed by atoms with E-state index in [0.29, 0.717) is 0 Å². The average molecular weight is 207 g/mol. The van der Waals surface area contributed by atoms with Crippen molar-refractivity contribution in [3.05, 3.63) is 12.7 Å². The highest BCUT2D eigenvalue weighted by Crippen LogP contribution is 1.96. The summed E-state index contributed by atoms with van der Waals surface area (Å²) in [5, 5.41) is 0. The Morgan fingerprint density at radius 3 is 2.69 bits per heavy atom. The lowest BCUT2D eigenvalue weighted by Gasteiger charge is -2.10. The van der Waals surface area contributed by atoms with Crippen LogP contribution in [0.3, 0.4) is 0 Å². The van der Waals surface area contributed by atoms with Crippen LogP contribution in [-0.4, -0.2) is 30.5 Å². The van der Waals surface area contributed by atoms with Gasteiger partial charge in [0.25, 0.3) is 0 Å². The Kier molecular flexibility index (Phi) is 5.97. The molecule has 0 spiro atoms. The third kappa shape index (κ3) is 5.25. The Labute approximate surface area is 81.5 Å². The lowest BCUT2D eigenvalue weighted by Crippen LogP contribution is -2.26. The molecule has 0 aromatic carbocycles. The van der Waals surface area contributed by atoms with Crippen LogP contribution >= 0.6 is 11.6 Å². The fourth-order valence-corrected chi connectivity index (χ4v) is 0.604. The van der Waals surface area contributed by atoms with Crippen molar-refractivity contribution in [3.63, 3.8) is 0 Å². The molecule has 0 N–H and O–H groups in total. The fraction of sp³-hybridized carbons (Fsp3) is 0.500. The highest BCUT2D eigenvalue weighted by molar-refractivity contribution is 6.18. The van der Waals surface area contributed by atoms with E-state index in [9.17, 15) is 9.59 Å². The first kappa shape index (κ1) is 12.0. The van der Waals surface area contributed by atoms with Crippen LogP contribution in [0.5, 0.6) is 0 Å². The number of halogens is 1.